The first-order chi connectivity index (χ1) is 15.3. The van der Waals surface area contributed by atoms with Crippen molar-refractivity contribution in [3.63, 3.8) is 0 Å². The van der Waals surface area contributed by atoms with Gasteiger partial charge in [-0.3, -0.25) is 14.4 Å². The number of nitrogens with one attached hydrogen (secondary N) is 2. The summed E-state index contributed by atoms with van der Waals surface area (Å²) >= 11 is 1.62. The fourth-order valence-electron chi connectivity index (χ4n) is 3.88. The van der Waals surface area contributed by atoms with Gasteiger partial charge in [-0.1, -0.05) is 44.2 Å². The summed E-state index contributed by atoms with van der Waals surface area (Å²) in [4.78, 5) is 39.0. The van der Waals surface area contributed by atoms with E-state index in [0.29, 0.717) is 32.2 Å². The molecular formula is C23H35N3O5S. The van der Waals surface area contributed by atoms with Crippen molar-refractivity contribution in [1.29, 1.82) is 0 Å². The molecule has 1 aliphatic rings. The zero-order valence-electron chi connectivity index (χ0n) is 19.2. The smallest absolute Gasteiger partial charge is 0.243 e. The Kier molecular flexibility index (Phi) is 10.5. The standard InChI is InChI=1S/C23H35N3O5S/c1-15(2)10-18(24-22(29)20-12-17(32-4)13-26(20)14-27)21(28)25-19(23(30)31-3)11-16-8-6-5-7-9-16/h5-9,14-15,17-20,23,30H,10-13H2,1-4H3,(H,24,29)(H,25,28). The molecule has 0 spiro atoms. The van der Waals surface area contributed by atoms with Gasteiger partial charge in [-0.15, -0.1) is 0 Å². The number of hydrogen-bond acceptors (Lipinski definition) is 6. The van der Waals surface area contributed by atoms with Crippen LogP contribution >= 0.6 is 11.8 Å². The number of carbonyl (C=O) groups excluding carboxylic acids is 3. The Morgan fingerprint density at radius 1 is 1.28 bits per heavy atom. The van der Waals surface area contributed by atoms with E-state index in [0.717, 1.165) is 5.56 Å². The first-order valence-corrected chi connectivity index (χ1v) is 12.2. The summed E-state index contributed by atoms with van der Waals surface area (Å²) in [6, 6.07) is 7.43. The third-order valence-electron chi connectivity index (χ3n) is 5.62. The molecule has 3 N–H and O–H groups in total. The summed E-state index contributed by atoms with van der Waals surface area (Å²) in [5.74, 6) is -0.571. The van der Waals surface area contributed by atoms with Gasteiger partial charge in [-0.05, 0) is 37.0 Å². The van der Waals surface area contributed by atoms with Crippen molar-refractivity contribution in [3.8, 4) is 0 Å². The van der Waals surface area contributed by atoms with Crippen LogP contribution in [0.1, 0.15) is 32.3 Å². The molecule has 1 aromatic carbocycles. The summed E-state index contributed by atoms with van der Waals surface area (Å²) in [5.41, 5.74) is 0.939. The average Bonchev–Trinajstić information content (AvgIpc) is 3.21. The van der Waals surface area contributed by atoms with Crippen LogP contribution in [0.4, 0.5) is 0 Å². The fraction of sp³-hybridized carbons (Fsp3) is 0.609. The Bertz CT molecular complexity index is 748. The van der Waals surface area contributed by atoms with Crippen LogP contribution in [0.15, 0.2) is 30.3 Å². The molecule has 2 rings (SSSR count). The molecule has 1 heterocycles. The summed E-state index contributed by atoms with van der Waals surface area (Å²) in [5, 5.41) is 16.2. The number of amides is 3. The second-order valence-corrected chi connectivity index (χ2v) is 9.67. The van der Waals surface area contributed by atoms with E-state index in [9.17, 15) is 19.5 Å². The minimum Gasteiger partial charge on any atom is -0.366 e. The highest BCUT2D eigenvalue weighted by atomic mass is 32.2. The van der Waals surface area contributed by atoms with Crippen LogP contribution in [0.2, 0.25) is 0 Å². The van der Waals surface area contributed by atoms with E-state index in [1.807, 2.05) is 50.4 Å². The second kappa shape index (κ2) is 12.8. The topological polar surface area (TPSA) is 108 Å². The molecule has 1 aromatic rings. The molecule has 1 fully saturated rings. The molecule has 0 radical (unpaired) electrons. The Morgan fingerprint density at radius 3 is 2.53 bits per heavy atom. The third-order valence-corrected chi connectivity index (χ3v) is 6.63. The number of nitrogens with zero attached hydrogens (tertiary/aromatic N) is 1. The predicted octanol–water partition coefficient (Wildman–Crippen LogP) is 1.17. The number of ether oxygens (including phenoxy) is 1. The second-order valence-electron chi connectivity index (χ2n) is 8.53. The fourth-order valence-corrected chi connectivity index (χ4v) is 4.57. The highest BCUT2D eigenvalue weighted by Crippen LogP contribution is 2.25. The molecule has 8 nitrogen and oxygen atoms in total. The lowest BCUT2D eigenvalue weighted by atomic mass is 10.0. The van der Waals surface area contributed by atoms with Crippen LogP contribution in [0.25, 0.3) is 0 Å². The Labute approximate surface area is 194 Å². The van der Waals surface area contributed by atoms with Crippen molar-refractivity contribution in [1.82, 2.24) is 15.5 Å². The maximum atomic E-state index is 13.1. The van der Waals surface area contributed by atoms with Crippen LogP contribution in [0, 0.1) is 5.92 Å². The van der Waals surface area contributed by atoms with Crippen molar-refractivity contribution < 1.29 is 24.2 Å². The third kappa shape index (κ3) is 7.50. The zero-order valence-corrected chi connectivity index (χ0v) is 20.0. The van der Waals surface area contributed by atoms with Crippen molar-refractivity contribution in [3.05, 3.63) is 35.9 Å². The molecule has 3 amide bonds. The summed E-state index contributed by atoms with van der Waals surface area (Å²) < 4.78 is 5.07. The molecular weight excluding hydrogens is 430 g/mol. The Balaban J connectivity index is 2.11. The van der Waals surface area contributed by atoms with Gasteiger partial charge in [-0.25, -0.2) is 0 Å². The van der Waals surface area contributed by atoms with Crippen LogP contribution in [0.5, 0.6) is 0 Å². The van der Waals surface area contributed by atoms with E-state index in [1.54, 1.807) is 11.8 Å². The molecule has 32 heavy (non-hydrogen) atoms. The maximum absolute atomic E-state index is 13.1. The van der Waals surface area contributed by atoms with Crippen LogP contribution in [0.3, 0.4) is 0 Å². The number of hydrogen-bond donors (Lipinski definition) is 3. The van der Waals surface area contributed by atoms with Crippen molar-refractivity contribution in [2.75, 3.05) is 19.9 Å². The van der Waals surface area contributed by atoms with E-state index in [4.69, 9.17) is 4.74 Å². The zero-order chi connectivity index (χ0) is 23.7. The quantitative estimate of drug-likeness (QED) is 0.316. The monoisotopic (exact) mass is 465 g/mol. The lowest BCUT2D eigenvalue weighted by Crippen LogP contribution is -2.56. The molecule has 0 aliphatic carbocycles. The van der Waals surface area contributed by atoms with Gasteiger partial charge in [0.2, 0.25) is 18.2 Å². The predicted molar refractivity (Wildman–Crippen MR) is 125 cm³/mol. The number of carbonyl (C=O) groups is 3. The van der Waals surface area contributed by atoms with Gasteiger partial charge in [-0.2, -0.15) is 11.8 Å². The molecule has 1 saturated heterocycles. The first-order valence-electron chi connectivity index (χ1n) is 10.9. The highest BCUT2D eigenvalue weighted by molar-refractivity contribution is 7.99. The first kappa shape index (κ1) is 26.2. The van der Waals surface area contributed by atoms with Crippen molar-refractivity contribution >= 4 is 30.0 Å². The lowest BCUT2D eigenvalue weighted by Gasteiger charge is -2.28. The van der Waals surface area contributed by atoms with E-state index >= 15 is 0 Å². The number of rotatable bonds is 12. The van der Waals surface area contributed by atoms with Gasteiger partial charge < -0.3 is 25.4 Å². The maximum Gasteiger partial charge on any atom is 0.243 e. The number of likely N-dealkylation sites (tertiary alicyclic amines) is 1. The molecule has 9 heteroatoms. The number of benzene rings is 1. The van der Waals surface area contributed by atoms with Crippen LogP contribution < -0.4 is 10.6 Å². The van der Waals surface area contributed by atoms with Gasteiger partial charge in [0.1, 0.15) is 12.1 Å². The number of aliphatic hydroxyl groups is 1. The molecule has 0 saturated carbocycles. The Morgan fingerprint density at radius 2 is 1.97 bits per heavy atom. The summed E-state index contributed by atoms with van der Waals surface area (Å²) in [7, 11) is 1.37. The van der Waals surface area contributed by atoms with Gasteiger partial charge in [0.15, 0.2) is 6.29 Å². The normalized spacial score (nSPS) is 21.1. The molecule has 5 unspecified atom stereocenters. The lowest BCUT2D eigenvalue weighted by molar-refractivity contribution is -0.137. The molecule has 178 valence electrons. The van der Waals surface area contributed by atoms with Gasteiger partial charge in [0, 0.05) is 18.9 Å². The van der Waals surface area contributed by atoms with E-state index in [2.05, 4.69) is 10.6 Å². The number of aliphatic hydroxyl groups excluding tert-OH is 1. The summed E-state index contributed by atoms with van der Waals surface area (Å²) in [6.07, 6.45) is 2.82. The van der Waals surface area contributed by atoms with Crippen LogP contribution in [-0.2, 0) is 25.5 Å². The Hall–Kier alpha value is -2.10. The van der Waals surface area contributed by atoms with Crippen LogP contribution in [-0.4, -0.2) is 77.8 Å². The SMILES string of the molecule is COC(O)C(Cc1ccccc1)NC(=O)C(CC(C)C)NC(=O)C1CC(SC)CN1C=O. The largest absolute Gasteiger partial charge is 0.366 e. The van der Waals surface area contributed by atoms with Gasteiger partial charge in [0.25, 0.3) is 0 Å². The molecule has 5 atom stereocenters. The van der Waals surface area contributed by atoms with E-state index in [1.165, 1.54) is 12.0 Å². The molecule has 1 aliphatic heterocycles. The van der Waals surface area contributed by atoms with Gasteiger partial charge >= 0.3 is 0 Å². The average molecular weight is 466 g/mol. The summed E-state index contributed by atoms with van der Waals surface area (Å²) in [6.45, 7) is 4.45. The molecule has 0 aromatic heterocycles. The minimum absolute atomic E-state index is 0.149. The minimum atomic E-state index is -1.20. The van der Waals surface area contributed by atoms with Crippen molar-refractivity contribution in [2.24, 2.45) is 5.92 Å². The van der Waals surface area contributed by atoms with E-state index < -0.39 is 24.4 Å². The highest BCUT2D eigenvalue weighted by Gasteiger charge is 2.37. The number of thioether (sulfide) groups is 1. The molecule has 0 bridgehead atoms. The van der Waals surface area contributed by atoms with E-state index in [-0.39, 0.29) is 23.0 Å². The van der Waals surface area contributed by atoms with Crippen molar-refractivity contribution in [2.45, 2.75) is 62.8 Å². The number of methoxy groups -OCH3 is 1. The van der Waals surface area contributed by atoms with Gasteiger partial charge in [0.05, 0.1) is 6.04 Å².